The molecule has 1 aliphatic heterocycles. The van der Waals surface area contributed by atoms with Gasteiger partial charge >= 0.3 is 0 Å². The molecule has 1 heterocycles. The van der Waals surface area contributed by atoms with E-state index in [4.69, 9.17) is 0 Å². The van der Waals surface area contributed by atoms with Crippen LogP contribution in [0.3, 0.4) is 0 Å². The van der Waals surface area contributed by atoms with Gasteiger partial charge in [0.25, 0.3) is 0 Å². The zero-order chi connectivity index (χ0) is 13.0. The van der Waals surface area contributed by atoms with Gasteiger partial charge in [0.15, 0.2) is 0 Å². The van der Waals surface area contributed by atoms with Gasteiger partial charge in [-0.3, -0.25) is 9.59 Å². The number of aliphatic hydroxyl groups is 1. The number of aliphatic hydroxyl groups excluding tert-OH is 1. The van der Waals surface area contributed by atoms with E-state index in [9.17, 15) is 14.7 Å². The minimum atomic E-state index is -0.503. The fourth-order valence-corrected chi connectivity index (χ4v) is 1.91. The highest BCUT2D eigenvalue weighted by atomic mass is 16.3. The molecule has 2 N–H and O–H groups in total. The fraction of sp³-hybridized carbons (Fsp3) is 0.833. The van der Waals surface area contributed by atoms with Crippen molar-refractivity contribution in [2.24, 2.45) is 5.92 Å². The van der Waals surface area contributed by atoms with Crippen LogP contribution in [0, 0.1) is 5.92 Å². The Morgan fingerprint density at radius 1 is 1.59 bits per heavy atom. The molecule has 2 atom stereocenters. The summed E-state index contributed by atoms with van der Waals surface area (Å²) in [5.41, 5.74) is 0. The number of likely N-dealkylation sites (tertiary alicyclic amines) is 1. The molecular weight excluding hydrogens is 220 g/mol. The van der Waals surface area contributed by atoms with Gasteiger partial charge in [-0.2, -0.15) is 0 Å². The first-order chi connectivity index (χ1) is 7.95. The summed E-state index contributed by atoms with van der Waals surface area (Å²) in [4.78, 5) is 25.1. The van der Waals surface area contributed by atoms with Crippen molar-refractivity contribution >= 4 is 11.8 Å². The van der Waals surface area contributed by atoms with Crippen molar-refractivity contribution < 1.29 is 14.7 Å². The van der Waals surface area contributed by atoms with E-state index >= 15 is 0 Å². The summed E-state index contributed by atoms with van der Waals surface area (Å²) in [7, 11) is 0. The van der Waals surface area contributed by atoms with Gasteiger partial charge in [-0.25, -0.2) is 0 Å². The Morgan fingerprint density at radius 2 is 2.24 bits per heavy atom. The summed E-state index contributed by atoms with van der Waals surface area (Å²) < 4.78 is 0. The Balaban J connectivity index is 2.42. The van der Waals surface area contributed by atoms with Crippen LogP contribution in [-0.2, 0) is 9.59 Å². The van der Waals surface area contributed by atoms with Crippen LogP contribution in [0.2, 0.25) is 0 Å². The highest BCUT2D eigenvalue weighted by molar-refractivity contribution is 5.89. The first kappa shape index (κ1) is 14.0. The molecule has 1 fully saturated rings. The highest BCUT2D eigenvalue weighted by Crippen LogP contribution is 2.20. The predicted octanol–water partition coefficient (Wildman–Crippen LogP) is 0.130. The van der Waals surface area contributed by atoms with E-state index in [1.165, 1.54) is 0 Å². The molecule has 0 aromatic carbocycles. The molecule has 0 aromatic rings. The van der Waals surface area contributed by atoms with E-state index in [0.29, 0.717) is 13.0 Å². The number of carbonyl (C=O) groups is 2. The highest BCUT2D eigenvalue weighted by Gasteiger charge is 2.35. The standard InChI is InChI=1S/C12H22N2O3/c1-4-10(15)6-13-12(17)9-5-11(16)14(7-9)8(2)3/h8-10,15H,4-7H2,1-3H3,(H,13,17). The maximum Gasteiger partial charge on any atom is 0.225 e. The van der Waals surface area contributed by atoms with Crippen LogP contribution in [0.5, 0.6) is 0 Å². The summed E-state index contributed by atoms with van der Waals surface area (Å²) in [6.45, 7) is 6.50. The van der Waals surface area contributed by atoms with Crippen LogP contribution in [-0.4, -0.2) is 47.1 Å². The summed E-state index contributed by atoms with van der Waals surface area (Å²) >= 11 is 0. The van der Waals surface area contributed by atoms with Gasteiger partial charge in [0.1, 0.15) is 0 Å². The lowest BCUT2D eigenvalue weighted by atomic mass is 10.1. The maximum absolute atomic E-state index is 11.8. The molecule has 5 heteroatoms. The van der Waals surface area contributed by atoms with Crippen molar-refractivity contribution in [2.75, 3.05) is 13.1 Å². The van der Waals surface area contributed by atoms with Crippen LogP contribution in [0.25, 0.3) is 0 Å². The molecule has 0 saturated carbocycles. The van der Waals surface area contributed by atoms with Gasteiger partial charge in [-0.15, -0.1) is 0 Å². The zero-order valence-electron chi connectivity index (χ0n) is 10.8. The SMILES string of the molecule is CCC(O)CNC(=O)C1CC(=O)N(C(C)C)C1. The van der Waals surface area contributed by atoms with Gasteiger partial charge in [0, 0.05) is 25.6 Å². The van der Waals surface area contributed by atoms with E-state index < -0.39 is 6.10 Å². The molecular formula is C12H22N2O3. The van der Waals surface area contributed by atoms with E-state index in [0.717, 1.165) is 0 Å². The summed E-state index contributed by atoms with van der Waals surface area (Å²) in [5.74, 6) is -0.362. The molecule has 1 saturated heterocycles. The lowest BCUT2D eigenvalue weighted by Crippen LogP contribution is -2.38. The topological polar surface area (TPSA) is 69.6 Å². The van der Waals surface area contributed by atoms with Crippen LogP contribution in [0.15, 0.2) is 0 Å². The van der Waals surface area contributed by atoms with Crippen molar-refractivity contribution in [2.45, 2.75) is 45.8 Å². The van der Waals surface area contributed by atoms with Crippen molar-refractivity contribution in [3.63, 3.8) is 0 Å². The van der Waals surface area contributed by atoms with Gasteiger partial charge in [0.05, 0.1) is 12.0 Å². The van der Waals surface area contributed by atoms with Crippen molar-refractivity contribution in [3.05, 3.63) is 0 Å². The largest absolute Gasteiger partial charge is 0.391 e. The lowest BCUT2D eigenvalue weighted by Gasteiger charge is -2.20. The third-order valence-corrected chi connectivity index (χ3v) is 3.14. The molecule has 1 aliphatic rings. The number of carbonyl (C=O) groups excluding carboxylic acids is 2. The van der Waals surface area contributed by atoms with Crippen LogP contribution in [0.1, 0.15) is 33.6 Å². The Labute approximate surface area is 102 Å². The first-order valence-electron chi connectivity index (χ1n) is 6.21. The van der Waals surface area contributed by atoms with E-state index in [1.807, 2.05) is 20.8 Å². The van der Waals surface area contributed by atoms with Crippen LogP contribution >= 0.6 is 0 Å². The Morgan fingerprint density at radius 3 is 2.71 bits per heavy atom. The van der Waals surface area contributed by atoms with Crippen molar-refractivity contribution in [1.29, 1.82) is 0 Å². The van der Waals surface area contributed by atoms with Crippen LogP contribution in [0.4, 0.5) is 0 Å². The average molecular weight is 242 g/mol. The fourth-order valence-electron chi connectivity index (χ4n) is 1.91. The number of amides is 2. The van der Waals surface area contributed by atoms with Crippen molar-refractivity contribution in [3.8, 4) is 0 Å². The number of nitrogens with one attached hydrogen (secondary N) is 1. The molecule has 17 heavy (non-hydrogen) atoms. The third kappa shape index (κ3) is 3.70. The van der Waals surface area contributed by atoms with Gasteiger partial charge < -0.3 is 15.3 Å². The third-order valence-electron chi connectivity index (χ3n) is 3.14. The maximum atomic E-state index is 11.8. The minimum absolute atomic E-state index is 0.0381. The molecule has 2 amide bonds. The number of rotatable bonds is 5. The lowest BCUT2D eigenvalue weighted by molar-refractivity contribution is -0.130. The van der Waals surface area contributed by atoms with Gasteiger partial charge in [-0.05, 0) is 20.3 Å². The Kier molecular flexibility index (Phi) is 4.93. The molecule has 0 aliphatic carbocycles. The molecule has 0 aromatic heterocycles. The van der Waals surface area contributed by atoms with Crippen molar-refractivity contribution in [1.82, 2.24) is 10.2 Å². The quantitative estimate of drug-likeness (QED) is 0.720. The Hall–Kier alpha value is -1.10. The summed E-state index contributed by atoms with van der Waals surface area (Å²) in [6.07, 6.45) is 0.395. The normalized spacial score (nSPS) is 22.1. The molecule has 2 unspecified atom stereocenters. The molecule has 5 nitrogen and oxygen atoms in total. The molecule has 0 bridgehead atoms. The summed E-state index contributed by atoms with van der Waals surface area (Å²) in [5, 5.41) is 12.0. The monoisotopic (exact) mass is 242 g/mol. The van der Waals surface area contributed by atoms with E-state index in [-0.39, 0.29) is 36.7 Å². The molecule has 0 radical (unpaired) electrons. The molecule has 0 spiro atoms. The van der Waals surface area contributed by atoms with Crippen LogP contribution < -0.4 is 5.32 Å². The average Bonchev–Trinajstić information content (AvgIpc) is 2.67. The second-order valence-electron chi connectivity index (χ2n) is 4.85. The number of hydrogen-bond acceptors (Lipinski definition) is 3. The second-order valence-corrected chi connectivity index (χ2v) is 4.85. The molecule has 1 rings (SSSR count). The van der Waals surface area contributed by atoms with Gasteiger partial charge in [-0.1, -0.05) is 6.92 Å². The number of hydrogen-bond donors (Lipinski definition) is 2. The predicted molar refractivity (Wildman–Crippen MR) is 64.3 cm³/mol. The zero-order valence-corrected chi connectivity index (χ0v) is 10.8. The smallest absolute Gasteiger partial charge is 0.225 e. The molecule has 98 valence electrons. The number of nitrogens with zero attached hydrogens (tertiary/aromatic N) is 1. The summed E-state index contributed by atoms with van der Waals surface area (Å²) in [6, 6.07) is 0.140. The first-order valence-corrected chi connectivity index (χ1v) is 6.21. The Bertz CT molecular complexity index is 291. The van der Waals surface area contributed by atoms with Gasteiger partial charge in [0.2, 0.25) is 11.8 Å². The minimum Gasteiger partial charge on any atom is -0.391 e. The van der Waals surface area contributed by atoms with E-state index in [1.54, 1.807) is 4.90 Å². The second kappa shape index (κ2) is 6.00. The van der Waals surface area contributed by atoms with E-state index in [2.05, 4.69) is 5.32 Å².